The Morgan fingerprint density at radius 3 is 2.82 bits per heavy atom. The number of halogens is 1. The molecule has 2 aromatic heterocycles. The Morgan fingerprint density at radius 2 is 2.05 bits per heavy atom. The molecule has 0 unspecified atom stereocenters. The van der Waals surface area contributed by atoms with Crippen molar-refractivity contribution in [3.8, 4) is 5.75 Å². The van der Waals surface area contributed by atoms with Gasteiger partial charge in [-0.15, -0.1) is 10.2 Å². The highest BCUT2D eigenvalue weighted by Gasteiger charge is 2.11. The molecule has 112 valence electrons. The summed E-state index contributed by atoms with van der Waals surface area (Å²) in [5, 5.41) is 7.95. The molecule has 0 aliphatic carbocycles. The SMILES string of the molecule is COC(=O)c1ccc2nnc(COc3ccccc3F)n2c1. The van der Waals surface area contributed by atoms with E-state index < -0.39 is 11.8 Å². The van der Waals surface area contributed by atoms with E-state index in [0.717, 1.165) is 0 Å². The van der Waals surface area contributed by atoms with Gasteiger partial charge in [-0.05, 0) is 24.3 Å². The molecule has 0 N–H and O–H groups in total. The largest absolute Gasteiger partial charge is 0.483 e. The molecule has 0 bridgehead atoms. The van der Waals surface area contributed by atoms with Crippen LogP contribution in [-0.2, 0) is 11.3 Å². The lowest BCUT2D eigenvalue weighted by Crippen LogP contribution is -2.06. The highest BCUT2D eigenvalue weighted by atomic mass is 19.1. The number of esters is 1. The van der Waals surface area contributed by atoms with E-state index in [1.165, 1.54) is 19.2 Å². The predicted molar refractivity (Wildman–Crippen MR) is 75.1 cm³/mol. The molecule has 0 aliphatic rings. The van der Waals surface area contributed by atoms with Crippen LogP contribution in [0.25, 0.3) is 5.65 Å². The number of hydrogen-bond acceptors (Lipinski definition) is 5. The molecule has 0 radical (unpaired) electrons. The van der Waals surface area contributed by atoms with Gasteiger partial charge >= 0.3 is 5.97 Å². The number of methoxy groups -OCH3 is 1. The predicted octanol–water partition coefficient (Wildman–Crippen LogP) is 2.23. The number of carbonyl (C=O) groups excluding carboxylic acids is 1. The summed E-state index contributed by atoms with van der Waals surface area (Å²) < 4.78 is 25.2. The summed E-state index contributed by atoms with van der Waals surface area (Å²) in [6, 6.07) is 9.33. The summed E-state index contributed by atoms with van der Waals surface area (Å²) in [6.45, 7) is 0.0206. The van der Waals surface area contributed by atoms with E-state index in [0.29, 0.717) is 17.0 Å². The van der Waals surface area contributed by atoms with Crippen LogP contribution >= 0.6 is 0 Å². The second kappa shape index (κ2) is 5.80. The maximum Gasteiger partial charge on any atom is 0.339 e. The van der Waals surface area contributed by atoms with E-state index in [2.05, 4.69) is 14.9 Å². The van der Waals surface area contributed by atoms with E-state index in [1.54, 1.807) is 34.9 Å². The normalized spacial score (nSPS) is 10.6. The zero-order valence-corrected chi connectivity index (χ0v) is 11.7. The molecule has 0 saturated carbocycles. The van der Waals surface area contributed by atoms with Gasteiger partial charge in [0.05, 0.1) is 12.7 Å². The van der Waals surface area contributed by atoms with Crippen LogP contribution in [0.3, 0.4) is 0 Å². The third-order valence-electron chi connectivity index (χ3n) is 3.09. The van der Waals surface area contributed by atoms with E-state index >= 15 is 0 Å². The van der Waals surface area contributed by atoms with Crippen LogP contribution in [-0.4, -0.2) is 27.7 Å². The molecule has 2 heterocycles. The number of benzene rings is 1. The quantitative estimate of drug-likeness (QED) is 0.691. The first-order valence-electron chi connectivity index (χ1n) is 6.48. The number of rotatable bonds is 4. The fraction of sp³-hybridized carbons (Fsp3) is 0.133. The lowest BCUT2D eigenvalue weighted by Gasteiger charge is -2.06. The Hall–Kier alpha value is -2.96. The van der Waals surface area contributed by atoms with Crippen molar-refractivity contribution in [2.45, 2.75) is 6.61 Å². The summed E-state index contributed by atoms with van der Waals surface area (Å²) in [7, 11) is 1.31. The number of nitrogens with zero attached hydrogens (tertiary/aromatic N) is 3. The number of fused-ring (bicyclic) bond motifs is 1. The smallest absolute Gasteiger partial charge is 0.339 e. The second-order valence-electron chi connectivity index (χ2n) is 4.47. The van der Waals surface area contributed by atoms with Crippen LogP contribution in [0.4, 0.5) is 4.39 Å². The molecule has 1 aromatic carbocycles. The highest BCUT2D eigenvalue weighted by Crippen LogP contribution is 2.17. The van der Waals surface area contributed by atoms with Crippen molar-refractivity contribution >= 4 is 11.6 Å². The van der Waals surface area contributed by atoms with Gasteiger partial charge in [-0.25, -0.2) is 9.18 Å². The van der Waals surface area contributed by atoms with Crippen LogP contribution in [0, 0.1) is 5.82 Å². The number of hydrogen-bond donors (Lipinski definition) is 0. The summed E-state index contributed by atoms with van der Waals surface area (Å²) >= 11 is 0. The molecule has 6 nitrogen and oxygen atoms in total. The Kier molecular flexibility index (Phi) is 3.69. The molecule has 0 saturated heterocycles. The number of ether oxygens (including phenoxy) is 2. The van der Waals surface area contributed by atoms with Crippen molar-refractivity contribution in [2.24, 2.45) is 0 Å². The van der Waals surface area contributed by atoms with E-state index in [1.807, 2.05) is 0 Å². The minimum Gasteiger partial charge on any atom is -0.483 e. The molecule has 0 fully saturated rings. The standard InChI is InChI=1S/C15H12FN3O3/c1-21-15(20)10-6-7-13-17-18-14(19(13)8-10)9-22-12-5-3-2-4-11(12)16/h2-8H,9H2,1H3. The van der Waals surface area contributed by atoms with Crippen molar-refractivity contribution in [1.29, 1.82) is 0 Å². The monoisotopic (exact) mass is 301 g/mol. The fourth-order valence-corrected chi connectivity index (χ4v) is 1.98. The topological polar surface area (TPSA) is 65.7 Å². The molecule has 3 rings (SSSR count). The first kappa shape index (κ1) is 14.0. The Bertz CT molecular complexity index is 832. The summed E-state index contributed by atoms with van der Waals surface area (Å²) in [5.41, 5.74) is 0.918. The van der Waals surface area contributed by atoms with E-state index in [-0.39, 0.29) is 12.4 Å². The van der Waals surface area contributed by atoms with Crippen LogP contribution in [0.1, 0.15) is 16.2 Å². The van der Waals surface area contributed by atoms with Gasteiger partial charge in [-0.1, -0.05) is 12.1 Å². The minimum atomic E-state index is -0.462. The number of aromatic nitrogens is 3. The maximum absolute atomic E-state index is 13.5. The van der Waals surface area contributed by atoms with Gasteiger partial charge in [0.25, 0.3) is 0 Å². The molecular formula is C15H12FN3O3. The third kappa shape index (κ3) is 2.60. The molecule has 22 heavy (non-hydrogen) atoms. The van der Waals surface area contributed by atoms with Crippen molar-refractivity contribution < 1.29 is 18.7 Å². The lowest BCUT2D eigenvalue weighted by molar-refractivity contribution is 0.0600. The average Bonchev–Trinajstić information content (AvgIpc) is 2.95. The van der Waals surface area contributed by atoms with Crippen molar-refractivity contribution in [1.82, 2.24) is 14.6 Å². The van der Waals surface area contributed by atoms with Gasteiger partial charge in [-0.3, -0.25) is 4.40 Å². The van der Waals surface area contributed by atoms with Crippen LogP contribution in [0.15, 0.2) is 42.6 Å². The van der Waals surface area contributed by atoms with Gasteiger partial charge in [0.2, 0.25) is 0 Å². The van der Waals surface area contributed by atoms with Gasteiger partial charge in [0, 0.05) is 6.20 Å². The lowest BCUT2D eigenvalue weighted by atomic mass is 10.3. The van der Waals surface area contributed by atoms with Crippen molar-refractivity contribution in [3.63, 3.8) is 0 Å². The minimum absolute atomic E-state index is 0.0206. The van der Waals surface area contributed by atoms with Gasteiger partial charge in [0.1, 0.15) is 6.61 Å². The third-order valence-corrected chi connectivity index (χ3v) is 3.09. The summed E-state index contributed by atoms with van der Waals surface area (Å²) in [5.74, 6) is -0.337. The molecule has 0 aliphatic heterocycles. The second-order valence-corrected chi connectivity index (χ2v) is 4.47. The highest BCUT2D eigenvalue weighted by molar-refractivity contribution is 5.89. The summed E-state index contributed by atoms with van der Waals surface area (Å²) in [6.07, 6.45) is 1.56. The van der Waals surface area contributed by atoms with E-state index in [9.17, 15) is 9.18 Å². The van der Waals surface area contributed by atoms with Crippen molar-refractivity contribution in [3.05, 3.63) is 59.8 Å². The van der Waals surface area contributed by atoms with Crippen molar-refractivity contribution in [2.75, 3.05) is 7.11 Å². The fourth-order valence-electron chi connectivity index (χ4n) is 1.98. The van der Waals surface area contributed by atoms with Crippen LogP contribution in [0.2, 0.25) is 0 Å². The number of pyridine rings is 1. The summed E-state index contributed by atoms with van der Waals surface area (Å²) in [4.78, 5) is 11.6. The van der Waals surface area contributed by atoms with Crippen LogP contribution < -0.4 is 4.74 Å². The number of para-hydroxylation sites is 1. The Labute approximate surface area is 125 Å². The first-order valence-corrected chi connectivity index (χ1v) is 6.48. The zero-order chi connectivity index (χ0) is 15.5. The molecule has 3 aromatic rings. The Balaban J connectivity index is 1.87. The Morgan fingerprint density at radius 1 is 1.23 bits per heavy atom. The first-order chi connectivity index (χ1) is 10.7. The zero-order valence-electron chi connectivity index (χ0n) is 11.7. The molecular weight excluding hydrogens is 289 g/mol. The molecule has 7 heteroatoms. The van der Waals surface area contributed by atoms with Crippen LogP contribution in [0.5, 0.6) is 5.75 Å². The van der Waals surface area contributed by atoms with E-state index in [4.69, 9.17) is 4.74 Å². The average molecular weight is 301 g/mol. The molecule has 0 amide bonds. The van der Waals surface area contributed by atoms with Gasteiger partial charge in [0.15, 0.2) is 23.0 Å². The molecule has 0 atom stereocenters. The number of carbonyl (C=O) groups is 1. The molecule has 0 spiro atoms. The van der Waals surface area contributed by atoms with Gasteiger partial charge in [-0.2, -0.15) is 0 Å². The van der Waals surface area contributed by atoms with Gasteiger partial charge < -0.3 is 9.47 Å². The maximum atomic E-state index is 13.5.